The number of hydrogen-bond donors (Lipinski definition) is 2. The highest BCUT2D eigenvalue weighted by atomic mass is 35.5. The number of hydrogen-bond acceptors (Lipinski definition) is 4. The molecule has 1 saturated heterocycles. The molecular formula is C20H22ClN3O3. The van der Waals surface area contributed by atoms with E-state index in [0.717, 1.165) is 5.56 Å². The Morgan fingerprint density at radius 1 is 1.07 bits per heavy atom. The molecule has 1 heterocycles. The summed E-state index contributed by atoms with van der Waals surface area (Å²) in [6.45, 7) is 3.45. The summed E-state index contributed by atoms with van der Waals surface area (Å²) in [7, 11) is 0. The minimum Gasteiger partial charge on any atom is -0.324 e. The zero-order chi connectivity index (χ0) is 18.9. The van der Waals surface area contributed by atoms with E-state index in [1.54, 1.807) is 44.2 Å². The van der Waals surface area contributed by atoms with Crippen LogP contribution in [0.2, 0.25) is 0 Å². The van der Waals surface area contributed by atoms with Gasteiger partial charge in [0, 0.05) is 18.5 Å². The molecule has 0 spiro atoms. The summed E-state index contributed by atoms with van der Waals surface area (Å²) in [4.78, 5) is 37.7. The Morgan fingerprint density at radius 3 is 2.22 bits per heavy atom. The van der Waals surface area contributed by atoms with E-state index in [2.05, 4.69) is 5.32 Å². The second-order valence-corrected chi connectivity index (χ2v) is 6.65. The number of carbonyl (C=O) groups excluding carboxylic acids is 3. The largest absolute Gasteiger partial charge is 0.324 e. The molecule has 3 rings (SSSR count). The van der Waals surface area contributed by atoms with Crippen LogP contribution >= 0.6 is 12.4 Å². The number of rotatable bonds is 4. The van der Waals surface area contributed by atoms with Gasteiger partial charge < -0.3 is 11.1 Å². The number of halogens is 1. The Balaban J connectivity index is 0.00000261. The van der Waals surface area contributed by atoms with Gasteiger partial charge in [-0.25, -0.2) is 0 Å². The number of carbonyl (C=O) groups is 3. The summed E-state index contributed by atoms with van der Waals surface area (Å²) in [5, 5.41) is 2.81. The molecule has 1 aliphatic heterocycles. The van der Waals surface area contributed by atoms with Gasteiger partial charge in [-0.3, -0.25) is 19.3 Å². The predicted octanol–water partition coefficient (Wildman–Crippen LogP) is 2.88. The molecular weight excluding hydrogens is 366 g/mol. The van der Waals surface area contributed by atoms with Crippen molar-refractivity contribution in [3.63, 3.8) is 0 Å². The van der Waals surface area contributed by atoms with Gasteiger partial charge in [0.2, 0.25) is 17.7 Å². The van der Waals surface area contributed by atoms with E-state index in [1.807, 2.05) is 18.2 Å². The van der Waals surface area contributed by atoms with Crippen molar-refractivity contribution in [2.24, 2.45) is 5.73 Å². The van der Waals surface area contributed by atoms with E-state index in [-0.39, 0.29) is 43.0 Å². The molecule has 0 aromatic heterocycles. The van der Waals surface area contributed by atoms with E-state index >= 15 is 0 Å². The molecule has 1 atom stereocenters. The molecule has 6 nitrogen and oxygen atoms in total. The quantitative estimate of drug-likeness (QED) is 0.789. The third kappa shape index (κ3) is 4.02. The summed E-state index contributed by atoms with van der Waals surface area (Å²) < 4.78 is 0. The van der Waals surface area contributed by atoms with Crippen LogP contribution in [0.15, 0.2) is 48.5 Å². The molecule has 0 bridgehead atoms. The first kappa shape index (κ1) is 20.6. The molecule has 2 aromatic rings. The third-order valence-corrected chi connectivity index (χ3v) is 4.59. The van der Waals surface area contributed by atoms with Crippen molar-refractivity contribution in [3.8, 4) is 0 Å². The van der Waals surface area contributed by atoms with E-state index in [0.29, 0.717) is 16.9 Å². The maximum Gasteiger partial charge on any atom is 0.248 e. The summed E-state index contributed by atoms with van der Waals surface area (Å²) in [5.74, 6) is -0.744. The van der Waals surface area contributed by atoms with E-state index in [4.69, 9.17) is 5.73 Å². The van der Waals surface area contributed by atoms with Crippen LogP contribution in [-0.4, -0.2) is 17.7 Å². The van der Waals surface area contributed by atoms with Crippen LogP contribution < -0.4 is 16.0 Å². The highest BCUT2D eigenvalue weighted by Crippen LogP contribution is 2.29. The molecule has 27 heavy (non-hydrogen) atoms. The molecule has 0 radical (unpaired) electrons. The fraction of sp³-hybridized carbons (Fsp3) is 0.250. The summed E-state index contributed by atoms with van der Waals surface area (Å²) in [5.41, 5.74) is 7.58. The standard InChI is InChI=1S/C20H21N3O3.ClH/c1-13-12-15(8-9-16(13)23-17(24)10-11-18(23)25)22-19(26)20(2,21)14-6-4-3-5-7-14;/h3-9,12H,10-11,21H2,1-2H3,(H,22,26);1H. The second kappa shape index (κ2) is 7.90. The normalized spacial score (nSPS) is 15.9. The fourth-order valence-electron chi connectivity index (χ4n) is 3.01. The van der Waals surface area contributed by atoms with Crippen molar-refractivity contribution in [1.82, 2.24) is 0 Å². The zero-order valence-electron chi connectivity index (χ0n) is 15.2. The number of imide groups is 1. The first-order valence-corrected chi connectivity index (χ1v) is 8.43. The van der Waals surface area contributed by atoms with Crippen molar-refractivity contribution in [1.29, 1.82) is 0 Å². The minimum absolute atomic E-state index is 0. The molecule has 3 amide bonds. The van der Waals surface area contributed by atoms with Gasteiger partial charge in [0.15, 0.2) is 0 Å². The zero-order valence-corrected chi connectivity index (χ0v) is 16.0. The molecule has 1 unspecified atom stereocenters. The topological polar surface area (TPSA) is 92.5 Å². The summed E-state index contributed by atoms with van der Waals surface area (Å²) in [6.07, 6.45) is 0.471. The van der Waals surface area contributed by atoms with E-state index < -0.39 is 5.54 Å². The van der Waals surface area contributed by atoms with Gasteiger partial charge in [-0.1, -0.05) is 30.3 Å². The molecule has 3 N–H and O–H groups in total. The number of anilines is 2. The number of nitrogens with two attached hydrogens (primary N) is 1. The minimum atomic E-state index is -1.19. The SMILES string of the molecule is Cc1cc(NC(=O)C(C)(N)c2ccccc2)ccc1N1C(=O)CCC1=O.Cl. The Morgan fingerprint density at radius 2 is 1.67 bits per heavy atom. The molecule has 0 saturated carbocycles. The average Bonchev–Trinajstić information content (AvgIpc) is 2.94. The number of aryl methyl sites for hydroxylation is 1. The fourth-order valence-corrected chi connectivity index (χ4v) is 3.01. The van der Waals surface area contributed by atoms with Crippen LogP contribution in [-0.2, 0) is 19.9 Å². The van der Waals surface area contributed by atoms with Crippen molar-refractivity contribution >= 4 is 41.5 Å². The van der Waals surface area contributed by atoms with Crippen LogP contribution in [0, 0.1) is 6.92 Å². The Kier molecular flexibility index (Phi) is 6.03. The number of nitrogens with zero attached hydrogens (tertiary/aromatic N) is 1. The molecule has 1 fully saturated rings. The first-order valence-electron chi connectivity index (χ1n) is 8.43. The Hall–Kier alpha value is -2.70. The Labute approximate surface area is 164 Å². The second-order valence-electron chi connectivity index (χ2n) is 6.65. The van der Waals surface area contributed by atoms with Crippen LogP contribution in [0.3, 0.4) is 0 Å². The van der Waals surface area contributed by atoms with Gasteiger partial charge in [-0.2, -0.15) is 0 Å². The maximum atomic E-state index is 12.6. The van der Waals surface area contributed by atoms with E-state index in [9.17, 15) is 14.4 Å². The summed E-state index contributed by atoms with van der Waals surface area (Å²) >= 11 is 0. The highest BCUT2D eigenvalue weighted by molar-refractivity contribution is 6.20. The number of amides is 3. The average molecular weight is 388 g/mol. The molecule has 2 aromatic carbocycles. The first-order chi connectivity index (χ1) is 12.3. The molecule has 1 aliphatic rings. The maximum absolute atomic E-state index is 12.6. The van der Waals surface area contributed by atoms with Gasteiger partial charge in [-0.15, -0.1) is 12.4 Å². The van der Waals surface area contributed by atoms with Crippen molar-refractivity contribution in [2.75, 3.05) is 10.2 Å². The molecule has 0 aliphatic carbocycles. The monoisotopic (exact) mass is 387 g/mol. The van der Waals surface area contributed by atoms with Crippen LogP contribution in [0.1, 0.15) is 30.9 Å². The lowest BCUT2D eigenvalue weighted by Gasteiger charge is -2.24. The van der Waals surface area contributed by atoms with E-state index in [1.165, 1.54) is 4.90 Å². The summed E-state index contributed by atoms with van der Waals surface area (Å²) in [6, 6.07) is 14.2. The lowest BCUT2D eigenvalue weighted by molar-refractivity contribution is -0.122. The number of nitrogens with one attached hydrogen (secondary N) is 1. The lowest BCUT2D eigenvalue weighted by atomic mass is 9.92. The predicted molar refractivity (Wildman–Crippen MR) is 107 cm³/mol. The molecule has 142 valence electrons. The van der Waals surface area contributed by atoms with Gasteiger partial charge in [0.25, 0.3) is 0 Å². The number of benzene rings is 2. The third-order valence-electron chi connectivity index (χ3n) is 4.59. The smallest absolute Gasteiger partial charge is 0.248 e. The molecule has 7 heteroatoms. The van der Waals surface area contributed by atoms with Crippen molar-refractivity contribution in [3.05, 3.63) is 59.7 Å². The van der Waals surface area contributed by atoms with Crippen molar-refractivity contribution < 1.29 is 14.4 Å². The van der Waals surface area contributed by atoms with Crippen molar-refractivity contribution in [2.45, 2.75) is 32.2 Å². The van der Waals surface area contributed by atoms with Gasteiger partial charge in [-0.05, 0) is 43.2 Å². The van der Waals surface area contributed by atoms with Crippen LogP contribution in [0.4, 0.5) is 11.4 Å². The van der Waals surface area contributed by atoms with Gasteiger partial charge in [0.1, 0.15) is 5.54 Å². The Bertz CT molecular complexity index is 865. The lowest BCUT2D eigenvalue weighted by Crippen LogP contribution is -2.45. The highest BCUT2D eigenvalue weighted by Gasteiger charge is 2.32. The van der Waals surface area contributed by atoms with Crippen LogP contribution in [0.25, 0.3) is 0 Å². The van der Waals surface area contributed by atoms with Gasteiger partial charge in [0.05, 0.1) is 5.69 Å². The van der Waals surface area contributed by atoms with Crippen LogP contribution in [0.5, 0.6) is 0 Å². The van der Waals surface area contributed by atoms with Gasteiger partial charge >= 0.3 is 0 Å².